The third kappa shape index (κ3) is 4.89. The number of carbonyl (C=O) groups excluding carboxylic acids is 2. The molecule has 148 valence electrons. The molecule has 3 rings (SSSR count). The largest absolute Gasteiger partial charge is 0.456 e. The van der Waals surface area contributed by atoms with Gasteiger partial charge in [-0.15, -0.1) is 0 Å². The second kappa shape index (κ2) is 8.56. The molecule has 0 aliphatic rings. The van der Waals surface area contributed by atoms with Gasteiger partial charge in [-0.2, -0.15) is 0 Å². The lowest BCUT2D eigenvalue weighted by atomic mass is 9.98. The van der Waals surface area contributed by atoms with E-state index in [-0.39, 0.29) is 40.2 Å². The van der Waals surface area contributed by atoms with Crippen molar-refractivity contribution >= 4 is 34.4 Å². The molecule has 3 aromatic rings. The number of hydrogen-bond acceptors (Lipinski definition) is 3. The molecular formula is C21H15F2IN2O3. The summed E-state index contributed by atoms with van der Waals surface area (Å²) in [6, 6.07) is 12.6. The number of carbonyl (C=O) groups is 2. The first kappa shape index (κ1) is 20.7. The van der Waals surface area contributed by atoms with Gasteiger partial charge in [-0.05, 0) is 70.1 Å². The van der Waals surface area contributed by atoms with Crippen LogP contribution in [0.2, 0.25) is 0 Å². The number of hydrogen-bond donors (Lipinski definition) is 2. The van der Waals surface area contributed by atoms with E-state index in [1.807, 2.05) is 22.6 Å². The highest BCUT2D eigenvalue weighted by molar-refractivity contribution is 14.1. The Morgan fingerprint density at radius 1 is 0.931 bits per heavy atom. The van der Waals surface area contributed by atoms with Crippen molar-refractivity contribution in [2.75, 3.05) is 0 Å². The van der Waals surface area contributed by atoms with Crippen molar-refractivity contribution in [1.29, 1.82) is 0 Å². The molecule has 0 saturated heterocycles. The van der Waals surface area contributed by atoms with Crippen LogP contribution in [0, 0.1) is 15.2 Å². The van der Waals surface area contributed by atoms with Crippen LogP contribution in [0.15, 0.2) is 54.6 Å². The minimum absolute atomic E-state index is 0.0591. The Labute approximate surface area is 178 Å². The highest BCUT2D eigenvalue weighted by atomic mass is 127. The van der Waals surface area contributed by atoms with Gasteiger partial charge in [0.2, 0.25) is 5.91 Å². The smallest absolute Gasteiger partial charge is 0.252 e. The lowest BCUT2D eigenvalue weighted by Crippen LogP contribution is -2.16. The SMILES string of the molecule is NC(=O)c1cccc(Oc2cc(F)cc(Cc3ccc(I)cc3F)c2C(N)=O)c1. The number of benzene rings is 3. The molecule has 29 heavy (non-hydrogen) atoms. The van der Waals surface area contributed by atoms with E-state index in [2.05, 4.69) is 0 Å². The fraction of sp³-hybridized carbons (Fsp3) is 0.0476. The Morgan fingerprint density at radius 3 is 2.34 bits per heavy atom. The maximum atomic E-state index is 14.2. The zero-order chi connectivity index (χ0) is 21.1. The molecule has 0 aliphatic carbocycles. The predicted molar refractivity (Wildman–Crippen MR) is 112 cm³/mol. The maximum Gasteiger partial charge on any atom is 0.252 e. The summed E-state index contributed by atoms with van der Waals surface area (Å²) in [5, 5.41) is 0. The van der Waals surface area contributed by atoms with E-state index >= 15 is 0 Å². The quantitative estimate of drug-likeness (QED) is 0.490. The molecule has 4 N–H and O–H groups in total. The van der Waals surface area contributed by atoms with Crippen molar-refractivity contribution in [3.05, 3.63) is 92.1 Å². The van der Waals surface area contributed by atoms with Gasteiger partial charge in [0.25, 0.3) is 5.91 Å². The van der Waals surface area contributed by atoms with Crippen molar-refractivity contribution in [3.8, 4) is 11.5 Å². The summed E-state index contributed by atoms with van der Waals surface area (Å²) in [4.78, 5) is 23.4. The van der Waals surface area contributed by atoms with Gasteiger partial charge in [-0.1, -0.05) is 12.1 Å². The van der Waals surface area contributed by atoms with Crippen molar-refractivity contribution < 1.29 is 23.1 Å². The summed E-state index contributed by atoms with van der Waals surface area (Å²) in [5.74, 6) is -2.65. The van der Waals surface area contributed by atoms with Crippen molar-refractivity contribution in [2.45, 2.75) is 6.42 Å². The molecule has 5 nitrogen and oxygen atoms in total. The number of amides is 2. The van der Waals surface area contributed by atoms with Gasteiger partial charge in [-0.25, -0.2) is 8.78 Å². The highest BCUT2D eigenvalue weighted by Gasteiger charge is 2.20. The van der Waals surface area contributed by atoms with Gasteiger partial charge in [-0.3, -0.25) is 9.59 Å². The normalized spacial score (nSPS) is 10.6. The third-order valence-corrected chi connectivity index (χ3v) is 4.81. The average molecular weight is 508 g/mol. The molecule has 0 saturated carbocycles. The summed E-state index contributed by atoms with van der Waals surface area (Å²) in [7, 11) is 0. The summed E-state index contributed by atoms with van der Waals surface area (Å²) >= 11 is 1.97. The van der Waals surface area contributed by atoms with Gasteiger partial charge in [0.15, 0.2) is 0 Å². The lowest BCUT2D eigenvalue weighted by molar-refractivity contribution is 0.0989. The summed E-state index contributed by atoms with van der Waals surface area (Å²) in [6.07, 6.45) is -0.0591. The van der Waals surface area contributed by atoms with Gasteiger partial charge >= 0.3 is 0 Å². The summed E-state index contributed by atoms with van der Waals surface area (Å²) < 4.78 is 34.8. The first-order valence-electron chi connectivity index (χ1n) is 8.38. The second-order valence-corrected chi connectivity index (χ2v) is 7.45. The monoisotopic (exact) mass is 508 g/mol. The van der Waals surface area contributed by atoms with Crippen LogP contribution in [0.3, 0.4) is 0 Å². The number of halogens is 3. The molecule has 0 radical (unpaired) electrons. The molecular weight excluding hydrogens is 493 g/mol. The molecule has 0 bridgehead atoms. The van der Waals surface area contributed by atoms with E-state index in [0.717, 1.165) is 12.1 Å². The Balaban J connectivity index is 2.05. The molecule has 0 fully saturated rings. The Bertz CT molecular complexity index is 1120. The molecule has 0 heterocycles. The fourth-order valence-corrected chi connectivity index (χ4v) is 3.30. The van der Waals surface area contributed by atoms with E-state index in [1.165, 1.54) is 30.3 Å². The first-order chi connectivity index (χ1) is 13.7. The van der Waals surface area contributed by atoms with Gasteiger partial charge in [0.05, 0.1) is 5.56 Å². The molecule has 3 aromatic carbocycles. The summed E-state index contributed by atoms with van der Waals surface area (Å²) in [5.41, 5.74) is 11.3. The zero-order valence-electron chi connectivity index (χ0n) is 14.9. The van der Waals surface area contributed by atoms with Crippen LogP contribution in [0.4, 0.5) is 8.78 Å². The second-order valence-electron chi connectivity index (χ2n) is 6.21. The topological polar surface area (TPSA) is 95.4 Å². The van der Waals surface area contributed by atoms with E-state index in [9.17, 15) is 18.4 Å². The summed E-state index contributed by atoms with van der Waals surface area (Å²) in [6.45, 7) is 0. The fourth-order valence-electron chi connectivity index (χ4n) is 2.85. The molecule has 8 heteroatoms. The van der Waals surface area contributed by atoms with E-state index in [0.29, 0.717) is 3.57 Å². The molecule has 0 spiro atoms. The van der Waals surface area contributed by atoms with Crippen molar-refractivity contribution in [1.82, 2.24) is 0 Å². The zero-order valence-corrected chi connectivity index (χ0v) is 17.1. The van der Waals surface area contributed by atoms with Gasteiger partial charge in [0.1, 0.15) is 23.1 Å². The predicted octanol–water partition coefficient (Wildman–Crippen LogP) is 4.15. The molecule has 0 atom stereocenters. The van der Waals surface area contributed by atoms with Crippen molar-refractivity contribution in [3.63, 3.8) is 0 Å². The third-order valence-electron chi connectivity index (χ3n) is 4.14. The first-order valence-corrected chi connectivity index (χ1v) is 9.46. The van der Waals surface area contributed by atoms with Crippen LogP contribution in [0.1, 0.15) is 31.8 Å². The number of rotatable bonds is 6. The number of primary amides is 2. The van der Waals surface area contributed by atoms with Crippen LogP contribution >= 0.6 is 22.6 Å². The standard InChI is InChI=1S/C21H15F2IN2O3/c22-14-7-13(6-11-4-5-15(24)10-17(11)23)19(21(26)28)18(9-14)29-16-3-1-2-12(8-16)20(25)27/h1-5,7-10H,6H2,(H2,25,27)(H2,26,28). The van der Waals surface area contributed by atoms with Crippen LogP contribution in [-0.2, 0) is 6.42 Å². The van der Waals surface area contributed by atoms with Crippen LogP contribution < -0.4 is 16.2 Å². The van der Waals surface area contributed by atoms with Crippen LogP contribution in [-0.4, -0.2) is 11.8 Å². The van der Waals surface area contributed by atoms with Crippen LogP contribution in [0.25, 0.3) is 0 Å². The van der Waals surface area contributed by atoms with E-state index in [4.69, 9.17) is 16.2 Å². The minimum Gasteiger partial charge on any atom is -0.456 e. The maximum absolute atomic E-state index is 14.2. The highest BCUT2D eigenvalue weighted by Crippen LogP contribution is 2.31. The number of ether oxygens (including phenoxy) is 1. The molecule has 0 unspecified atom stereocenters. The van der Waals surface area contributed by atoms with E-state index in [1.54, 1.807) is 12.1 Å². The Kier molecular flexibility index (Phi) is 6.12. The molecule has 0 aromatic heterocycles. The molecule has 2 amide bonds. The van der Waals surface area contributed by atoms with Gasteiger partial charge < -0.3 is 16.2 Å². The minimum atomic E-state index is -0.855. The molecule has 0 aliphatic heterocycles. The van der Waals surface area contributed by atoms with Crippen molar-refractivity contribution in [2.24, 2.45) is 11.5 Å². The number of nitrogens with two attached hydrogens (primary N) is 2. The van der Waals surface area contributed by atoms with Gasteiger partial charge in [0, 0.05) is 21.6 Å². The lowest BCUT2D eigenvalue weighted by Gasteiger charge is -2.15. The van der Waals surface area contributed by atoms with E-state index < -0.39 is 23.4 Å². The van der Waals surface area contributed by atoms with Crippen LogP contribution in [0.5, 0.6) is 11.5 Å². The Hall–Kier alpha value is -3.01. The average Bonchev–Trinajstić information content (AvgIpc) is 2.63. The Morgan fingerprint density at radius 2 is 1.69 bits per heavy atom.